The fourth-order valence-electron chi connectivity index (χ4n) is 1.99. The van der Waals surface area contributed by atoms with Crippen molar-refractivity contribution in [3.05, 3.63) is 48.4 Å². The van der Waals surface area contributed by atoms with Gasteiger partial charge < -0.3 is 4.90 Å². The van der Waals surface area contributed by atoms with E-state index in [4.69, 9.17) is 0 Å². The maximum absolute atomic E-state index is 12.4. The van der Waals surface area contributed by atoms with Gasteiger partial charge in [-0.1, -0.05) is 12.1 Å². The van der Waals surface area contributed by atoms with E-state index in [1.54, 1.807) is 35.3 Å². The lowest BCUT2D eigenvalue weighted by molar-refractivity contribution is 0.0757. The van der Waals surface area contributed by atoms with Gasteiger partial charge in [0.05, 0.1) is 11.9 Å². The zero-order valence-electron chi connectivity index (χ0n) is 12.5. The van der Waals surface area contributed by atoms with E-state index < -0.39 is 0 Å². The van der Waals surface area contributed by atoms with E-state index in [0.29, 0.717) is 5.56 Å². The lowest BCUT2D eigenvalue weighted by Crippen LogP contribution is -2.36. The zero-order valence-corrected chi connectivity index (χ0v) is 13.3. The topological polar surface area (TPSA) is 46.1 Å². The fourth-order valence-corrected chi connectivity index (χ4v) is 2.69. The van der Waals surface area contributed by atoms with Gasteiger partial charge in [0.1, 0.15) is 0 Å². The Morgan fingerprint density at radius 3 is 2.57 bits per heavy atom. The van der Waals surface area contributed by atoms with Gasteiger partial charge in [-0.05, 0) is 25.3 Å². The van der Waals surface area contributed by atoms with Crippen LogP contribution in [0.4, 0.5) is 0 Å². The standard InChI is InChI=1S/C16H19N3OS/c1-12(11-21-3)19(2)16(20)14-6-4-13(5-7-14)15-10-17-8-9-18-15/h4-10,12H,11H2,1-3H3. The predicted molar refractivity (Wildman–Crippen MR) is 87.4 cm³/mol. The van der Waals surface area contributed by atoms with Crippen molar-refractivity contribution in [2.24, 2.45) is 0 Å². The van der Waals surface area contributed by atoms with E-state index in [2.05, 4.69) is 16.9 Å². The number of amides is 1. The minimum atomic E-state index is 0.0437. The molecule has 4 nitrogen and oxygen atoms in total. The van der Waals surface area contributed by atoms with Crippen LogP contribution in [0.2, 0.25) is 0 Å². The van der Waals surface area contributed by atoms with Gasteiger partial charge in [0.25, 0.3) is 5.91 Å². The van der Waals surface area contributed by atoms with Crippen LogP contribution in [0.5, 0.6) is 0 Å². The van der Waals surface area contributed by atoms with Crippen LogP contribution in [0.3, 0.4) is 0 Å². The zero-order chi connectivity index (χ0) is 15.2. The molecule has 110 valence electrons. The molecular weight excluding hydrogens is 282 g/mol. The minimum Gasteiger partial charge on any atom is -0.338 e. The number of carbonyl (C=O) groups excluding carboxylic acids is 1. The van der Waals surface area contributed by atoms with Crippen molar-refractivity contribution in [3.8, 4) is 11.3 Å². The number of hydrogen-bond acceptors (Lipinski definition) is 4. The molecule has 1 heterocycles. The first-order valence-electron chi connectivity index (χ1n) is 6.76. The molecule has 0 saturated heterocycles. The molecule has 0 aliphatic heterocycles. The Balaban J connectivity index is 2.14. The predicted octanol–water partition coefficient (Wildman–Crippen LogP) is 2.97. The summed E-state index contributed by atoms with van der Waals surface area (Å²) in [6.07, 6.45) is 7.06. The largest absolute Gasteiger partial charge is 0.338 e. The first-order chi connectivity index (χ1) is 10.1. The van der Waals surface area contributed by atoms with Crippen molar-refractivity contribution in [2.45, 2.75) is 13.0 Å². The van der Waals surface area contributed by atoms with Crippen LogP contribution in [0, 0.1) is 0 Å². The summed E-state index contributed by atoms with van der Waals surface area (Å²) in [5.74, 6) is 0.974. The lowest BCUT2D eigenvalue weighted by Gasteiger charge is -2.24. The highest BCUT2D eigenvalue weighted by Crippen LogP contribution is 2.17. The Morgan fingerprint density at radius 2 is 2.00 bits per heavy atom. The van der Waals surface area contributed by atoms with Crippen LogP contribution in [-0.2, 0) is 0 Å². The van der Waals surface area contributed by atoms with Crippen LogP contribution in [0.15, 0.2) is 42.9 Å². The number of thioether (sulfide) groups is 1. The molecule has 0 saturated carbocycles. The molecule has 2 aromatic rings. The molecule has 0 fully saturated rings. The molecule has 0 N–H and O–H groups in total. The summed E-state index contributed by atoms with van der Waals surface area (Å²) in [5, 5.41) is 0. The quantitative estimate of drug-likeness (QED) is 0.852. The Morgan fingerprint density at radius 1 is 1.29 bits per heavy atom. The number of rotatable bonds is 5. The van der Waals surface area contributed by atoms with E-state index in [9.17, 15) is 4.79 Å². The second-order valence-corrected chi connectivity index (χ2v) is 5.80. The van der Waals surface area contributed by atoms with E-state index in [-0.39, 0.29) is 11.9 Å². The maximum Gasteiger partial charge on any atom is 0.253 e. The molecule has 21 heavy (non-hydrogen) atoms. The number of hydrogen-bond donors (Lipinski definition) is 0. The van der Waals surface area contributed by atoms with Gasteiger partial charge in [0.15, 0.2) is 0 Å². The van der Waals surface area contributed by atoms with Crippen molar-refractivity contribution >= 4 is 17.7 Å². The van der Waals surface area contributed by atoms with E-state index in [1.807, 2.05) is 37.6 Å². The average Bonchev–Trinajstić information content (AvgIpc) is 2.54. The first-order valence-corrected chi connectivity index (χ1v) is 8.15. The summed E-state index contributed by atoms with van der Waals surface area (Å²) >= 11 is 1.74. The SMILES string of the molecule is CSCC(C)N(C)C(=O)c1ccc(-c2cnccn2)cc1. The summed E-state index contributed by atoms with van der Waals surface area (Å²) in [4.78, 5) is 22.5. The van der Waals surface area contributed by atoms with Crippen molar-refractivity contribution in [1.82, 2.24) is 14.9 Å². The Kier molecular flexibility index (Phi) is 5.33. The Hall–Kier alpha value is -1.88. The van der Waals surface area contributed by atoms with E-state index in [1.165, 1.54) is 0 Å². The Labute approximate surface area is 129 Å². The molecule has 2 rings (SSSR count). The third-order valence-corrected chi connectivity index (χ3v) is 4.20. The molecule has 1 amide bonds. The summed E-state index contributed by atoms with van der Waals surface area (Å²) < 4.78 is 0. The van der Waals surface area contributed by atoms with Crippen molar-refractivity contribution in [1.29, 1.82) is 0 Å². The van der Waals surface area contributed by atoms with Crippen LogP contribution in [0.25, 0.3) is 11.3 Å². The molecule has 0 aliphatic rings. The van der Waals surface area contributed by atoms with Gasteiger partial charge in [0, 0.05) is 42.4 Å². The monoisotopic (exact) mass is 301 g/mol. The first kappa shape index (κ1) is 15.5. The highest BCUT2D eigenvalue weighted by molar-refractivity contribution is 7.98. The third kappa shape index (κ3) is 3.82. The smallest absolute Gasteiger partial charge is 0.253 e. The summed E-state index contributed by atoms with van der Waals surface area (Å²) in [5.41, 5.74) is 2.46. The minimum absolute atomic E-state index is 0.0437. The van der Waals surface area contributed by atoms with Crippen LogP contribution in [-0.4, -0.2) is 45.9 Å². The van der Waals surface area contributed by atoms with Gasteiger partial charge in [-0.2, -0.15) is 11.8 Å². The molecule has 0 bridgehead atoms. The van der Waals surface area contributed by atoms with E-state index >= 15 is 0 Å². The van der Waals surface area contributed by atoms with Crippen molar-refractivity contribution in [3.63, 3.8) is 0 Å². The molecule has 1 aromatic carbocycles. The third-order valence-electron chi connectivity index (χ3n) is 3.38. The molecular formula is C16H19N3OS. The molecule has 1 unspecified atom stereocenters. The van der Waals surface area contributed by atoms with Crippen molar-refractivity contribution < 1.29 is 4.79 Å². The van der Waals surface area contributed by atoms with Crippen LogP contribution in [0.1, 0.15) is 17.3 Å². The molecule has 1 atom stereocenters. The average molecular weight is 301 g/mol. The van der Waals surface area contributed by atoms with E-state index in [0.717, 1.165) is 17.0 Å². The summed E-state index contributed by atoms with van der Waals surface area (Å²) in [6.45, 7) is 2.06. The molecule has 0 radical (unpaired) electrons. The second-order valence-electron chi connectivity index (χ2n) is 4.89. The molecule has 5 heteroatoms. The highest BCUT2D eigenvalue weighted by atomic mass is 32.2. The second kappa shape index (κ2) is 7.22. The number of nitrogens with zero attached hydrogens (tertiary/aromatic N) is 3. The number of carbonyl (C=O) groups is 1. The summed E-state index contributed by atoms with van der Waals surface area (Å²) in [7, 11) is 1.85. The normalized spacial score (nSPS) is 12.0. The lowest BCUT2D eigenvalue weighted by atomic mass is 10.1. The maximum atomic E-state index is 12.4. The molecule has 0 spiro atoms. The van der Waals surface area contributed by atoms with Gasteiger partial charge >= 0.3 is 0 Å². The Bertz CT molecular complexity index is 586. The van der Waals surface area contributed by atoms with Gasteiger partial charge in [-0.25, -0.2) is 0 Å². The van der Waals surface area contributed by atoms with Crippen LogP contribution < -0.4 is 0 Å². The van der Waals surface area contributed by atoms with Crippen LogP contribution >= 0.6 is 11.8 Å². The van der Waals surface area contributed by atoms with Gasteiger partial charge in [0.2, 0.25) is 0 Å². The molecule has 1 aromatic heterocycles. The molecule has 0 aliphatic carbocycles. The van der Waals surface area contributed by atoms with Gasteiger partial charge in [-0.3, -0.25) is 14.8 Å². The van der Waals surface area contributed by atoms with Crippen molar-refractivity contribution in [2.75, 3.05) is 19.1 Å². The number of benzene rings is 1. The highest BCUT2D eigenvalue weighted by Gasteiger charge is 2.17. The summed E-state index contributed by atoms with van der Waals surface area (Å²) in [6, 6.07) is 7.71. The van der Waals surface area contributed by atoms with Gasteiger partial charge in [-0.15, -0.1) is 0 Å². The number of aromatic nitrogens is 2. The fraction of sp³-hybridized carbons (Fsp3) is 0.312.